The molecule has 1 amide bonds. The summed E-state index contributed by atoms with van der Waals surface area (Å²) in [6.45, 7) is 4.10. The minimum absolute atomic E-state index is 0.0558. The molecule has 4 nitrogen and oxygen atoms in total. The normalized spacial score (nSPS) is 10.5. The van der Waals surface area contributed by atoms with Gasteiger partial charge in [-0.2, -0.15) is 0 Å². The van der Waals surface area contributed by atoms with Gasteiger partial charge in [-0.05, 0) is 24.8 Å². The fourth-order valence-electron chi connectivity index (χ4n) is 1.38. The number of thioether (sulfide) groups is 2. The smallest absolute Gasteiger partial charge is 0.236 e. The number of carbonyl (C=O) groups excluding carboxylic acids is 1. The third kappa shape index (κ3) is 4.81. The van der Waals surface area contributed by atoms with Gasteiger partial charge in [0.05, 0.1) is 5.75 Å². The average Bonchev–Trinajstić information content (AvgIpc) is 2.86. The van der Waals surface area contributed by atoms with Crippen LogP contribution in [0.2, 0.25) is 0 Å². The number of nitrogens with zero attached hydrogens (tertiary/aromatic N) is 2. The number of hydrogen-bond donors (Lipinski definition) is 1. The average molecular weight is 325 g/mol. The second-order valence-electron chi connectivity index (χ2n) is 3.96. The SMILES string of the molecule is CCSc1nnc(NC(=O)CSc2ccc(C)cc2)s1. The Morgan fingerprint density at radius 2 is 2.00 bits per heavy atom. The van der Waals surface area contributed by atoms with Crippen molar-refractivity contribution in [3.8, 4) is 0 Å². The minimum atomic E-state index is -0.0558. The van der Waals surface area contributed by atoms with Crippen LogP contribution in [0.15, 0.2) is 33.5 Å². The first-order valence-electron chi connectivity index (χ1n) is 6.13. The number of anilines is 1. The lowest BCUT2D eigenvalue weighted by Crippen LogP contribution is -2.13. The summed E-state index contributed by atoms with van der Waals surface area (Å²) in [6, 6.07) is 8.13. The summed E-state index contributed by atoms with van der Waals surface area (Å²) in [5, 5.41) is 11.3. The van der Waals surface area contributed by atoms with Gasteiger partial charge in [0.15, 0.2) is 4.34 Å². The van der Waals surface area contributed by atoms with Crippen LogP contribution in [0, 0.1) is 6.92 Å². The third-order valence-electron chi connectivity index (χ3n) is 2.31. The summed E-state index contributed by atoms with van der Waals surface area (Å²) in [7, 11) is 0. The fourth-order valence-corrected chi connectivity index (χ4v) is 3.74. The third-order valence-corrected chi connectivity index (χ3v) is 5.18. The van der Waals surface area contributed by atoms with Crippen LogP contribution in [0.1, 0.15) is 12.5 Å². The molecule has 1 heterocycles. The quantitative estimate of drug-likeness (QED) is 0.648. The molecule has 0 fully saturated rings. The lowest BCUT2D eigenvalue weighted by Gasteiger charge is -2.02. The van der Waals surface area contributed by atoms with Crippen molar-refractivity contribution in [2.75, 3.05) is 16.8 Å². The summed E-state index contributed by atoms with van der Waals surface area (Å²) in [5.41, 5.74) is 1.22. The number of benzene rings is 1. The Morgan fingerprint density at radius 3 is 2.70 bits per heavy atom. The summed E-state index contributed by atoms with van der Waals surface area (Å²) in [5.74, 6) is 1.27. The molecule has 0 saturated heterocycles. The van der Waals surface area contributed by atoms with Crippen LogP contribution in [-0.4, -0.2) is 27.6 Å². The lowest BCUT2D eigenvalue weighted by molar-refractivity contribution is -0.113. The van der Waals surface area contributed by atoms with E-state index in [0.717, 1.165) is 15.0 Å². The van der Waals surface area contributed by atoms with Gasteiger partial charge >= 0.3 is 0 Å². The van der Waals surface area contributed by atoms with Crippen molar-refractivity contribution < 1.29 is 4.79 Å². The van der Waals surface area contributed by atoms with Crippen molar-refractivity contribution in [3.05, 3.63) is 29.8 Å². The molecule has 0 saturated carbocycles. The minimum Gasteiger partial charge on any atom is -0.300 e. The summed E-state index contributed by atoms with van der Waals surface area (Å²) >= 11 is 4.54. The highest BCUT2D eigenvalue weighted by atomic mass is 32.2. The van der Waals surface area contributed by atoms with Gasteiger partial charge in [0, 0.05) is 4.90 Å². The molecule has 1 N–H and O–H groups in total. The van der Waals surface area contributed by atoms with Gasteiger partial charge < -0.3 is 0 Å². The predicted molar refractivity (Wildman–Crippen MR) is 86.8 cm³/mol. The molecular formula is C13H15N3OS3. The van der Waals surface area contributed by atoms with Gasteiger partial charge in [0.1, 0.15) is 0 Å². The number of aryl methyl sites for hydroxylation is 1. The summed E-state index contributed by atoms with van der Waals surface area (Å²) in [4.78, 5) is 12.9. The molecular weight excluding hydrogens is 310 g/mol. The lowest BCUT2D eigenvalue weighted by atomic mass is 10.2. The summed E-state index contributed by atoms with van der Waals surface area (Å²) in [6.07, 6.45) is 0. The van der Waals surface area contributed by atoms with E-state index in [1.165, 1.54) is 28.7 Å². The van der Waals surface area contributed by atoms with Gasteiger partial charge in [-0.1, -0.05) is 47.7 Å². The van der Waals surface area contributed by atoms with E-state index in [1.807, 2.05) is 31.2 Å². The number of aromatic nitrogens is 2. The zero-order valence-corrected chi connectivity index (χ0v) is 13.7. The van der Waals surface area contributed by atoms with E-state index >= 15 is 0 Å². The Morgan fingerprint density at radius 1 is 1.25 bits per heavy atom. The Balaban J connectivity index is 1.81. The van der Waals surface area contributed by atoms with Gasteiger partial charge in [0.2, 0.25) is 11.0 Å². The standard InChI is InChI=1S/C13H15N3OS3/c1-3-18-13-16-15-12(20-13)14-11(17)8-19-10-6-4-9(2)5-7-10/h4-7H,3,8H2,1-2H3,(H,14,15,17). The zero-order valence-electron chi connectivity index (χ0n) is 11.3. The Hall–Kier alpha value is -1.05. The van der Waals surface area contributed by atoms with Crippen molar-refractivity contribution >= 4 is 45.9 Å². The van der Waals surface area contributed by atoms with Crippen molar-refractivity contribution in [2.24, 2.45) is 0 Å². The fraction of sp³-hybridized carbons (Fsp3) is 0.308. The molecule has 0 aliphatic rings. The van der Waals surface area contributed by atoms with Crippen LogP contribution >= 0.6 is 34.9 Å². The molecule has 1 aromatic heterocycles. The van der Waals surface area contributed by atoms with Gasteiger partial charge in [0.25, 0.3) is 0 Å². The van der Waals surface area contributed by atoms with Crippen LogP contribution in [0.5, 0.6) is 0 Å². The Bertz CT molecular complexity index is 568. The maximum atomic E-state index is 11.8. The molecule has 0 unspecified atom stereocenters. The van der Waals surface area contributed by atoms with Crippen LogP contribution in [0.3, 0.4) is 0 Å². The summed E-state index contributed by atoms with van der Waals surface area (Å²) < 4.78 is 0.883. The predicted octanol–water partition coefficient (Wildman–Crippen LogP) is 3.69. The number of carbonyl (C=O) groups is 1. The van der Waals surface area contributed by atoms with E-state index in [1.54, 1.807) is 11.8 Å². The van der Waals surface area contributed by atoms with Gasteiger partial charge in [-0.25, -0.2) is 0 Å². The van der Waals surface area contributed by atoms with Crippen LogP contribution in [0.25, 0.3) is 0 Å². The van der Waals surface area contributed by atoms with Crippen molar-refractivity contribution in [1.82, 2.24) is 10.2 Å². The van der Waals surface area contributed by atoms with Crippen LogP contribution < -0.4 is 5.32 Å². The number of rotatable bonds is 6. The van der Waals surface area contributed by atoms with Gasteiger partial charge in [-0.15, -0.1) is 22.0 Å². The van der Waals surface area contributed by atoms with Crippen LogP contribution in [-0.2, 0) is 4.79 Å². The molecule has 0 aliphatic carbocycles. The number of nitrogens with one attached hydrogen (secondary N) is 1. The maximum Gasteiger partial charge on any atom is 0.236 e. The highest BCUT2D eigenvalue weighted by molar-refractivity contribution is 8.01. The highest BCUT2D eigenvalue weighted by Gasteiger charge is 2.08. The second-order valence-corrected chi connectivity index (χ2v) is 7.49. The van der Waals surface area contributed by atoms with E-state index in [4.69, 9.17) is 0 Å². The Labute approximate surface area is 130 Å². The largest absolute Gasteiger partial charge is 0.300 e. The van der Waals surface area contributed by atoms with E-state index < -0.39 is 0 Å². The first-order valence-corrected chi connectivity index (χ1v) is 8.91. The number of hydrogen-bond acceptors (Lipinski definition) is 6. The highest BCUT2D eigenvalue weighted by Crippen LogP contribution is 2.25. The first-order chi connectivity index (χ1) is 9.67. The molecule has 7 heteroatoms. The van der Waals surface area contributed by atoms with E-state index in [0.29, 0.717) is 10.9 Å². The van der Waals surface area contributed by atoms with Crippen molar-refractivity contribution in [1.29, 1.82) is 0 Å². The molecule has 0 aliphatic heterocycles. The molecule has 0 spiro atoms. The second kappa shape index (κ2) is 7.66. The molecule has 2 rings (SSSR count). The molecule has 2 aromatic rings. The monoisotopic (exact) mass is 325 g/mol. The molecule has 0 radical (unpaired) electrons. The molecule has 0 bridgehead atoms. The maximum absolute atomic E-state index is 11.8. The van der Waals surface area contributed by atoms with E-state index in [9.17, 15) is 4.79 Å². The van der Waals surface area contributed by atoms with Crippen molar-refractivity contribution in [3.63, 3.8) is 0 Å². The van der Waals surface area contributed by atoms with Crippen LogP contribution in [0.4, 0.5) is 5.13 Å². The molecule has 1 aromatic carbocycles. The van der Waals surface area contributed by atoms with Crippen molar-refractivity contribution in [2.45, 2.75) is 23.1 Å². The first kappa shape index (κ1) is 15.3. The van der Waals surface area contributed by atoms with Gasteiger partial charge in [-0.3, -0.25) is 10.1 Å². The molecule has 106 valence electrons. The topological polar surface area (TPSA) is 54.9 Å². The zero-order chi connectivity index (χ0) is 14.4. The molecule has 0 atom stereocenters. The van der Waals surface area contributed by atoms with E-state index in [2.05, 4.69) is 22.4 Å². The number of amides is 1. The van der Waals surface area contributed by atoms with E-state index in [-0.39, 0.29) is 5.91 Å². The molecule has 20 heavy (non-hydrogen) atoms. The Kier molecular flexibility index (Phi) is 5.87.